The first-order valence-corrected chi connectivity index (χ1v) is 9.19. The maximum atomic E-state index is 12.4. The Labute approximate surface area is 169 Å². The number of nitrogens with one attached hydrogen (secondary N) is 3. The van der Waals surface area contributed by atoms with Crippen LogP contribution in [0.3, 0.4) is 0 Å². The monoisotopic (exact) mass is 406 g/mol. The molecular weight excluding hydrogens is 378 g/mol. The van der Waals surface area contributed by atoms with Crippen LogP contribution in [0.1, 0.15) is 50.4 Å². The Morgan fingerprint density at radius 3 is 2.59 bits per heavy atom. The third-order valence-corrected chi connectivity index (χ3v) is 3.65. The van der Waals surface area contributed by atoms with E-state index in [1.54, 1.807) is 39.0 Å². The van der Waals surface area contributed by atoms with Gasteiger partial charge in [0.05, 0.1) is 7.11 Å². The Morgan fingerprint density at radius 1 is 1.24 bits per heavy atom. The molecule has 1 aromatic carbocycles. The molecule has 0 saturated carbocycles. The fraction of sp³-hybridized carbons (Fsp3) is 0.526. The van der Waals surface area contributed by atoms with Crippen LogP contribution in [0, 0.1) is 5.53 Å². The number of methoxy groups -OCH3 is 1. The number of ether oxygens (including phenoxy) is 2. The second-order valence-electron chi connectivity index (χ2n) is 7.22. The fourth-order valence-corrected chi connectivity index (χ4v) is 2.38. The predicted octanol–water partition coefficient (Wildman–Crippen LogP) is 2.83. The van der Waals surface area contributed by atoms with Gasteiger partial charge in [0.1, 0.15) is 17.2 Å². The van der Waals surface area contributed by atoms with Crippen molar-refractivity contribution in [2.45, 2.75) is 51.7 Å². The van der Waals surface area contributed by atoms with E-state index in [9.17, 15) is 14.4 Å². The van der Waals surface area contributed by atoms with Crippen LogP contribution in [0.15, 0.2) is 29.4 Å². The van der Waals surface area contributed by atoms with Crippen molar-refractivity contribution < 1.29 is 23.9 Å². The third-order valence-electron chi connectivity index (χ3n) is 3.65. The van der Waals surface area contributed by atoms with Crippen molar-refractivity contribution in [2.24, 2.45) is 5.11 Å². The van der Waals surface area contributed by atoms with Gasteiger partial charge in [0.15, 0.2) is 10.8 Å². The molecule has 10 nitrogen and oxygen atoms in total. The SMILES string of the molecule is COC(=O)[C@@H](CCCCNC(=O)OC(C)(C)C)NC(=O)c1cccc(N=[N+]=N)c1. The minimum atomic E-state index is -0.824. The van der Waals surface area contributed by atoms with Crippen LogP contribution in [-0.2, 0) is 14.3 Å². The minimum absolute atomic E-state index is 0.287. The molecule has 0 radical (unpaired) electrons. The number of hydrogen-bond donors (Lipinski definition) is 3. The summed E-state index contributed by atoms with van der Waals surface area (Å²) in [6.07, 6.45) is 1.02. The van der Waals surface area contributed by atoms with Crippen LogP contribution in [0.5, 0.6) is 0 Å². The second-order valence-corrected chi connectivity index (χ2v) is 7.22. The first-order valence-electron chi connectivity index (χ1n) is 9.19. The molecule has 0 saturated heterocycles. The van der Waals surface area contributed by atoms with E-state index in [1.165, 1.54) is 13.2 Å². The molecular formula is C19H28N5O5+. The summed E-state index contributed by atoms with van der Waals surface area (Å²) < 4.78 is 9.90. The van der Waals surface area contributed by atoms with Gasteiger partial charge in [0.25, 0.3) is 5.91 Å². The third kappa shape index (κ3) is 9.48. The van der Waals surface area contributed by atoms with Gasteiger partial charge in [0.2, 0.25) is 4.91 Å². The molecule has 0 aromatic heterocycles. The molecule has 0 aliphatic rings. The zero-order valence-electron chi connectivity index (χ0n) is 17.2. The highest BCUT2D eigenvalue weighted by molar-refractivity contribution is 5.97. The Bertz CT molecular complexity index is 768. The number of benzene rings is 1. The zero-order chi connectivity index (χ0) is 21.9. The van der Waals surface area contributed by atoms with E-state index in [0.29, 0.717) is 31.5 Å². The Kier molecular flexibility index (Phi) is 9.47. The zero-order valence-corrected chi connectivity index (χ0v) is 17.2. The highest BCUT2D eigenvalue weighted by atomic mass is 16.6. The van der Waals surface area contributed by atoms with Gasteiger partial charge in [-0.15, -0.1) is 0 Å². The highest BCUT2D eigenvalue weighted by Crippen LogP contribution is 2.14. The molecule has 0 aliphatic heterocycles. The smallest absolute Gasteiger partial charge is 0.407 e. The number of unbranched alkanes of at least 4 members (excludes halogenated alkanes) is 1. The van der Waals surface area contributed by atoms with Crippen molar-refractivity contribution in [3.05, 3.63) is 29.8 Å². The molecule has 3 N–H and O–H groups in total. The average molecular weight is 406 g/mol. The predicted molar refractivity (Wildman–Crippen MR) is 105 cm³/mol. The van der Waals surface area contributed by atoms with E-state index >= 15 is 0 Å². The average Bonchev–Trinajstić information content (AvgIpc) is 2.65. The van der Waals surface area contributed by atoms with Crippen LogP contribution < -0.4 is 15.5 Å². The summed E-state index contributed by atoms with van der Waals surface area (Å²) in [6, 6.07) is 5.42. The van der Waals surface area contributed by atoms with Gasteiger partial charge in [-0.2, -0.15) is 0 Å². The highest BCUT2D eigenvalue weighted by Gasteiger charge is 2.22. The molecule has 2 amide bonds. The van der Waals surface area contributed by atoms with E-state index in [2.05, 4.69) is 20.7 Å². The van der Waals surface area contributed by atoms with Crippen molar-refractivity contribution in [1.82, 2.24) is 15.5 Å². The van der Waals surface area contributed by atoms with Gasteiger partial charge < -0.3 is 20.1 Å². The van der Waals surface area contributed by atoms with Crippen LogP contribution in [0.25, 0.3) is 0 Å². The van der Waals surface area contributed by atoms with Crippen molar-refractivity contribution in [3.8, 4) is 0 Å². The van der Waals surface area contributed by atoms with E-state index in [0.717, 1.165) is 0 Å². The number of nitrogens with zero attached hydrogens (tertiary/aromatic N) is 2. The summed E-state index contributed by atoms with van der Waals surface area (Å²) in [5, 5.41) is 8.84. The molecule has 0 spiro atoms. The molecule has 10 heteroatoms. The lowest BCUT2D eigenvalue weighted by molar-refractivity contribution is -0.143. The number of carbonyl (C=O) groups is 3. The van der Waals surface area contributed by atoms with Crippen molar-refractivity contribution >= 4 is 23.7 Å². The van der Waals surface area contributed by atoms with E-state index in [4.69, 9.17) is 15.0 Å². The van der Waals surface area contributed by atoms with Crippen LogP contribution >= 0.6 is 0 Å². The molecule has 158 valence electrons. The van der Waals surface area contributed by atoms with E-state index in [1.807, 2.05) is 0 Å². The maximum Gasteiger partial charge on any atom is 0.407 e. The van der Waals surface area contributed by atoms with Crippen LogP contribution in [0.2, 0.25) is 0 Å². The number of amides is 2. The quantitative estimate of drug-likeness (QED) is 0.250. The molecule has 0 bridgehead atoms. The van der Waals surface area contributed by atoms with Crippen LogP contribution in [-0.4, -0.2) is 43.3 Å². The largest absolute Gasteiger partial charge is 0.467 e. The lowest BCUT2D eigenvalue weighted by atomic mass is 10.1. The van der Waals surface area contributed by atoms with Gasteiger partial charge in [-0.25, -0.2) is 9.59 Å². The van der Waals surface area contributed by atoms with E-state index < -0.39 is 29.6 Å². The van der Waals surface area contributed by atoms with Gasteiger partial charge >= 0.3 is 12.1 Å². The maximum absolute atomic E-state index is 12.4. The number of esters is 1. The Balaban J connectivity index is 2.55. The Morgan fingerprint density at radius 2 is 1.97 bits per heavy atom. The summed E-state index contributed by atoms with van der Waals surface area (Å²) in [7, 11) is 1.25. The fourth-order valence-electron chi connectivity index (χ4n) is 2.38. The number of hydrogen-bond acceptors (Lipinski definition) is 7. The minimum Gasteiger partial charge on any atom is -0.467 e. The number of carbonyl (C=O) groups excluding carboxylic acids is 3. The molecule has 1 rings (SSSR count). The standard InChI is InChI=1S/C19H27N5O5/c1-19(2,3)29-18(27)21-11-6-5-10-15(17(26)28-4)22-16(25)13-8-7-9-14(12-13)23-24-20/h7-9,12,15,20H,5-6,10-11H2,1-4H3,(H-,21,22,25,27)/p+1/t15-/m1/s1. The first kappa shape index (κ1) is 23.8. The molecule has 1 atom stereocenters. The van der Waals surface area contributed by atoms with Gasteiger partial charge in [0, 0.05) is 12.1 Å². The van der Waals surface area contributed by atoms with Crippen LogP contribution in [0.4, 0.5) is 10.5 Å². The second kappa shape index (κ2) is 11.6. The summed E-state index contributed by atoms with van der Waals surface area (Å²) in [6.45, 7) is 5.72. The molecule has 1 aromatic rings. The first-order chi connectivity index (χ1) is 13.7. The van der Waals surface area contributed by atoms with Gasteiger partial charge in [-0.1, -0.05) is 6.07 Å². The summed E-state index contributed by atoms with van der Waals surface area (Å²) in [4.78, 5) is 38.9. The molecule has 0 fully saturated rings. The molecule has 0 heterocycles. The summed E-state index contributed by atoms with van der Waals surface area (Å²) in [5.74, 6) is -1.02. The van der Waals surface area contributed by atoms with Gasteiger partial charge in [-0.05, 0) is 58.2 Å². The molecule has 0 aliphatic carbocycles. The van der Waals surface area contributed by atoms with Crippen molar-refractivity contribution in [3.63, 3.8) is 0 Å². The lowest BCUT2D eigenvalue weighted by Gasteiger charge is -2.20. The van der Waals surface area contributed by atoms with Crippen molar-refractivity contribution in [2.75, 3.05) is 13.7 Å². The van der Waals surface area contributed by atoms with Crippen molar-refractivity contribution in [1.29, 1.82) is 5.53 Å². The lowest BCUT2D eigenvalue weighted by Crippen LogP contribution is -2.41. The normalized spacial score (nSPS) is 11.6. The molecule has 29 heavy (non-hydrogen) atoms. The molecule has 0 unspecified atom stereocenters. The number of alkyl carbamates (subject to hydrolysis) is 1. The van der Waals surface area contributed by atoms with E-state index in [-0.39, 0.29) is 5.56 Å². The number of rotatable bonds is 9. The summed E-state index contributed by atoms with van der Waals surface area (Å²) >= 11 is 0. The Hall–Kier alpha value is -3.26. The topological polar surface area (TPSA) is 144 Å². The van der Waals surface area contributed by atoms with Gasteiger partial charge in [-0.3, -0.25) is 4.79 Å². The summed E-state index contributed by atoms with van der Waals surface area (Å²) in [5.41, 5.74) is 6.83.